The zero-order valence-corrected chi connectivity index (χ0v) is 13.3. The largest absolute Gasteiger partial charge is 0.351 e. The molecular weight excluding hydrogens is 354 g/mol. The Morgan fingerprint density at radius 2 is 1.73 bits per heavy atom. The van der Waals surface area contributed by atoms with Crippen molar-refractivity contribution in [2.24, 2.45) is 14.1 Å². The van der Waals surface area contributed by atoms with Crippen LogP contribution in [0.2, 0.25) is 0 Å². The van der Waals surface area contributed by atoms with E-state index < -0.39 is 34.5 Å². The van der Waals surface area contributed by atoms with Crippen LogP contribution in [0.3, 0.4) is 0 Å². The zero-order chi connectivity index (χ0) is 19.0. The number of aryl methyl sites for hydroxylation is 2. The molecule has 2 heterocycles. The maximum Gasteiger partial charge on any atom is 0.351 e. The lowest BCUT2D eigenvalue weighted by Crippen LogP contribution is -2.43. The second-order valence-corrected chi connectivity index (χ2v) is 5.10. The lowest BCUT2D eigenvalue weighted by Gasteiger charge is -2.09. The first-order valence-corrected chi connectivity index (χ1v) is 6.98. The summed E-state index contributed by atoms with van der Waals surface area (Å²) in [6.45, 7) is 0. The third-order valence-corrected chi connectivity index (χ3v) is 3.29. The van der Waals surface area contributed by atoms with Crippen LogP contribution >= 0.6 is 0 Å². The van der Waals surface area contributed by atoms with Gasteiger partial charge in [-0.05, 0) is 22.6 Å². The van der Waals surface area contributed by atoms with Gasteiger partial charge in [0.2, 0.25) is 11.6 Å². The molecule has 11 nitrogen and oxygen atoms in total. The number of carbonyl (C=O) groups is 1. The third-order valence-electron chi connectivity index (χ3n) is 3.29. The van der Waals surface area contributed by atoms with E-state index >= 15 is 0 Å². The highest BCUT2D eigenvalue weighted by Gasteiger charge is 2.21. The average molecular weight is 364 g/mol. The van der Waals surface area contributed by atoms with Crippen molar-refractivity contribution in [2.75, 3.05) is 5.32 Å². The number of aromatic nitrogens is 7. The van der Waals surface area contributed by atoms with Crippen LogP contribution in [0.25, 0.3) is 5.69 Å². The van der Waals surface area contributed by atoms with Crippen molar-refractivity contribution in [3.05, 3.63) is 56.4 Å². The lowest BCUT2D eigenvalue weighted by molar-refractivity contribution is 0.101. The van der Waals surface area contributed by atoms with E-state index in [4.69, 9.17) is 0 Å². The third kappa shape index (κ3) is 2.97. The number of nitrogens with one attached hydrogen (secondary N) is 1. The molecule has 0 saturated carbocycles. The molecule has 0 radical (unpaired) electrons. The van der Waals surface area contributed by atoms with Gasteiger partial charge in [-0.2, -0.15) is 5.10 Å². The number of carbonyl (C=O) groups excluding carboxylic acids is 1. The van der Waals surface area contributed by atoms with E-state index in [1.54, 1.807) is 0 Å². The molecule has 0 aliphatic rings. The Bertz CT molecular complexity index is 1110. The number of benzene rings is 1. The second kappa shape index (κ2) is 6.27. The van der Waals surface area contributed by atoms with Crippen molar-refractivity contribution in [1.82, 2.24) is 34.6 Å². The van der Waals surface area contributed by atoms with Gasteiger partial charge in [-0.25, -0.2) is 27.5 Å². The van der Waals surface area contributed by atoms with Crippen LogP contribution in [0.4, 0.5) is 14.7 Å². The average Bonchev–Trinajstić information content (AvgIpc) is 2.95. The van der Waals surface area contributed by atoms with E-state index in [9.17, 15) is 23.2 Å². The van der Waals surface area contributed by atoms with Gasteiger partial charge in [0.25, 0.3) is 11.5 Å². The van der Waals surface area contributed by atoms with Crippen LogP contribution in [-0.2, 0) is 14.1 Å². The number of amides is 1. The lowest BCUT2D eigenvalue weighted by atomic mass is 10.3. The number of hydrogen-bond acceptors (Lipinski definition) is 7. The molecule has 3 aromatic rings. The fraction of sp³-hybridized carbons (Fsp3) is 0.154. The topological polar surface area (TPSA) is 130 Å². The van der Waals surface area contributed by atoms with Crippen molar-refractivity contribution >= 4 is 11.9 Å². The number of tetrazole rings is 1. The molecule has 0 saturated heterocycles. The van der Waals surface area contributed by atoms with Gasteiger partial charge in [0.15, 0.2) is 0 Å². The molecule has 0 bridgehead atoms. The SMILES string of the molecule is Cn1nnnc1NC(=O)c1nn(C)c(=O)n(-c2cc(F)cc(F)c2)c1=O. The van der Waals surface area contributed by atoms with Crippen LogP contribution in [0.5, 0.6) is 0 Å². The molecule has 26 heavy (non-hydrogen) atoms. The molecule has 13 heteroatoms. The van der Waals surface area contributed by atoms with Crippen molar-refractivity contribution in [3.63, 3.8) is 0 Å². The van der Waals surface area contributed by atoms with Gasteiger partial charge in [-0.3, -0.25) is 14.9 Å². The summed E-state index contributed by atoms with van der Waals surface area (Å²) in [7, 11) is 2.62. The maximum absolute atomic E-state index is 13.4. The van der Waals surface area contributed by atoms with E-state index in [0.29, 0.717) is 15.3 Å². The summed E-state index contributed by atoms with van der Waals surface area (Å²) in [6.07, 6.45) is 0. The fourth-order valence-electron chi connectivity index (χ4n) is 2.11. The van der Waals surface area contributed by atoms with E-state index in [-0.39, 0.29) is 11.6 Å². The molecule has 3 rings (SSSR count). The van der Waals surface area contributed by atoms with Crippen molar-refractivity contribution in [1.29, 1.82) is 0 Å². The molecule has 0 atom stereocenters. The Morgan fingerprint density at radius 1 is 1.08 bits per heavy atom. The molecule has 0 aliphatic heterocycles. The summed E-state index contributed by atoms with van der Waals surface area (Å²) < 4.78 is 29.1. The second-order valence-electron chi connectivity index (χ2n) is 5.10. The van der Waals surface area contributed by atoms with Gasteiger partial charge in [0.1, 0.15) is 11.6 Å². The van der Waals surface area contributed by atoms with E-state index in [1.807, 2.05) is 0 Å². The van der Waals surface area contributed by atoms with Gasteiger partial charge >= 0.3 is 5.69 Å². The number of rotatable bonds is 3. The summed E-state index contributed by atoms with van der Waals surface area (Å²) in [5.41, 5.74) is -3.23. The summed E-state index contributed by atoms with van der Waals surface area (Å²) in [4.78, 5) is 37.1. The molecule has 1 N–H and O–H groups in total. The van der Waals surface area contributed by atoms with E-state index in [0.717, 1.165) is 16.8 Å². The van der Waals surface area contributed by atoms with Crippen molar-refractivity contribution in [3.8, 4) is 5.69 Å². The zero-order valence-electron chi connectivity index (χ0n) is 13.3. The van der Waals surface area contributed by atoms with E-state index in [2.05, 4.69) is 25.9 Å². The Kier molecular flexibility index (Phi) is 4.11. The highest BCUT2D eigenvalue weighted by molar-refractivity contribution is 6.01. The minimum absolute atomic E-state index is 0.0756. The summed E-state index contributed by atoms with van der Waals surface area (Å²) in [5, 5.41) is 16.2. The van der Waals surface area contributed by atoms with Gasteiger partial charge < -0.3 is 0 Å². The summed E-state index contributed by atoms with van der Waals surface area (Å²) >= 11 is 0. The first kappa shape index (κ1) is 17.1. The van der Waals surface area contributed by atoms with Gasteiger partial charge in [0.05, 0.1) is 5.69 Å². The van der Waals surface area contributed by atoms with Crippen LogP contribution < -0.4 is 16.6 Å². The quantitative estimate of drug-likeness (QED) is 0.630. The maximum atomic E-state index is 13.4. The molecule has 1 amide bonds. The molecule has 0 fully saturated rings. The van der Waals surface area contributed by atoms with E-state index in [1.165, 1.54) is 14.1 Å². The minimum Gasteiger partial charge on any atom is -0.288 e. The number of hydrogen-bond donors (Lipinski definition) is 1. The standard InChI is InChI=1S/C13H10F2N8O3/c1-21-12(17-19-20-21)16-10(24)9-11(25)23(13(26)22(2)18-9)8-4-6(14)3-7(15)5-8/h3-5H,1-2H3,(H,16,17,20,24). The smallest absolute Gasteiger partial charge is 0.288 e. The Balaban J connectivity index is 2.16. The summed E-state index contributed by atoms with van der Waals surface area (Å²) in [6, 6.07) is 2.13. The van der Waals surface area contributed by atoms with Crippen LogP contribution in [0, 0.1) is 11.6 Å². The monoisotopic (exact) mass is 364 g/mol. The molecular formula is C13H10F2N8O3. The fourth-order valence-corrected chi connectivity index (χ4v) is 2.11. The highest BCUT2D eigenvalue weighted by atomic mass is 19.1. The van der Waals surface area contributed by atoms with Crippen LogP contribution in [0.15, 0.2) is 27.8 Å². The number of nitrogens with zero attached hydrogens (tertiary/aromatic N) is 7. The summed E-state index contributed by atoms with van der Waals surface area (Å²) in [5.74, 6) is -3.08. The molecule has 0 spiro atoms. The Morgan fingerprint density at radius 3 is 2.31 bits per heavy atom. The molecule has 0 unspecified atom stereocenters. The Hall–Kier alpha value is -3.77. The first-order chi connectivity index (χ1) is 12.3. The number of anilines is 1. The predicted molar refractivity (Wildman–Crippen MR) is 81.7 cm³/mol. The highest BCUT2D eigenvalue weighted by Crippen LogP contribution is 2.10. The molecule has 1 aromatic carbocycles. The predicted octanol–water partition coefficient (Wildman–Crippen LogP) is -1.01. The normalized spacial score (nSPS) is 10.8. The van der Waals surface area contributed by atoms with Crippen molar-refractivity contribution in [2.45, 2.75) is 0 Å². The number of halogens is 2. The minimum atomic E-state index is -1.16. The van der Waals surface area contributed by atoms with Gasteiger partial charge in [-0.15, -0.1) is 0 Å². The van der Waals surface area contributed by atoms with Crippen LogP contribution in [-0.4, -0.2) is 40.5 Å². The molecule has 2 aromatic heterocycles. The van der Waals surface area contributed by atoms with Gasteiger partial charge in [0, 0.05) is 20.2 Å². The molecule has 0 aliphatic carbocycles. The first-order valence-electron chi connectivity index (χ1n) is 6.98. The Labute approximate surface area is 142 Å². The molecule has 134 valence electrons. The van der Waals surface area contributed by atoms with Crippen molar-refractivity contribution < 1.29 is 13.6 Å². The van der Waals surface area contributed by atoms with Crippen LogP contribution in [0.1, 0.15) is 10.5 Å². The van der Waals surface area contributed by atoms with Gasteiger partial charge in [-0.1, -0.05) is 5.10 Å².